The summed E-state index contributed by atoms with van der Waals surface area (Å²) >= 11 is 3.21. The van der Waals surface area contributed by atoms with Gasteiger partial charge in [-0.05, 0) is 38.6 Å². The third-order valence-corrected chi connectivity index (χ3v) is 7.41. The van der Waals surface area contributed by atoms with E-state index in [1.807, 2.05) is 31.3 Å². The van der Waals surface area contributed by atoms with Crippen LogP contribution in [0.5, 0.6) is 0 Å². The Kier molecular flexibility index (Phi) is 7.04. The van der Waals surface area contributed by atoms with Gasteiger partial charge in [0, 0.05) is 60.2 Å². The van der Waals surface area contributed by atoms with Crippen LogP contribution in [0.25, 0.3) is 0 Å². The summed E-state index contributed by atoms with van der Waals surface area (Å²) in [5.41, 5.74) is 6.74. The Morgan fingerprint density at radius 2 is 2.00 bits per heavy atom. The number of amidine groups is 1. The van der Waals surface area contributed by atoms with Gasteiger partial charge >= 0.3 is 0 Å². The molecular formula is C22H29N7S2. The van der Waals surface area contributed by atoms with E-state index >= 15 is 0 Å². The molecule has 1 fully saturated rings. The van der Waals surface area contributed by atoms with E-state index in [2.05, 4.69) is 34.8 Å². The molecule has 31 heavy (non-hydrogen) atoms. The predicted octanol–water partition coefficient (Wildman–Crippen LogP) is 4.29. The summed E-state index contributed by atoms with van der Waals surface area (Å²) in [6.45, 7) is 8.34. The molecule has 0 saturated carbocycles. The molecule has 2 aliphatic rings. The molecule has 0 spiro atoms. The second-order valence-corrected chi connectivity index (χ2v) is 10.4. The van der Waals surface area contributed by atoms with Gasteiger partial charge in [0.15, 0.2) is 0 Å². The maximum absolute atomic E-state index is 5.98. The summed E-state index contributed by atoms with van der Waals surface area (Å²) < 4.78 is 0. The Morgan fingerprint density at radius 3 is 2.71 bits per heavy atom. The molecule has 4 rings (SSSR count). The van der Waals surface area contributed by atoms with Crippen molar-refractivity contribution in [2.45, 2.75) is 31.6 Å². The smallest absolute Gasteiger partial charge is 0.254 e. The van der Waals surface area contributed by atoms with Crippen LogP contribution in [-0.2, 0) is 0 Å². The van der Waals surface area contributed by atoms with Crippen molar-refractivity contribution in [3.05, 3.63) is 35.3 Å². The van der Waals surface area contributed by atoms with Crippen molar-refractivity contribution < 1.29 is 0 Å². The number of hydrogen-bond acceptors (Lipinski definition) is 7. The first kappa shape index (κ1) is 22.0. The van der Waals surface area contributed by atoms with E-state index < -0.39 is 0 Å². The van der Waals surface area contributed by atoms with Crippen LogP contribution in [0.15, 0.2) is 50.3 Å². The second-order valence-electron chi connectivity index (χ2n) is 8.05. The molecule has 1 aromatic heterocycles. The van der Waals surface area contributed by atoms with Gasteiger partial charge in [0.05, 0.1) is 5.04 Å². The van der Waals surface area contributed by atoms with Gasteiger partial charge in [-0.2, -0.15) is 9.98 Å². The van der Waals surface area contributed by atoms with Gasteiger partial charge in [0.2, 0.25) is 5.13 Å². The van der Waals surface area contributed by atoms with Crippen LogP contribution in [0.4, 0.5) is 10.8 Å². The molecule has 2 N–H and O–H groups in total. The number of rotatable bonds is 2. The normalized spacial score (nSPS) is 22.1. The number of nitrogens with zero attached hydrogens (tertiary/aromatic N) is 6. The molecule has 1 unspecified atom stereocenters. The Morgan fingerprint density at radius 1 is 1.19 bits per heavy atom. The number of aryl methyl sites for hydroxylation is 1. The van der Waals surface area contributed by atoms with Crippen molar-refractivity contribution in [2.24, 2.45) is 20.9 Å². The lowest BCUT2D eigenvalue weighted by atomic mass is 10.1. The quantitative estimate of drug-likeness (QED) is 0.683. The fourth-order valence-corrected chi connectivity index (χ4v) is 5.18. The topological polar surface area (TPSA) is 82.5 Å². The number of nitrogens with two attached hydrogens (primary N) is 1. The summed E-state index contributed by atoms with van der Waals surface area (Å²) in [5.74, 6) is 1.87. The Labute approximate surface area is 192 Å². The van der Waals surface area contributed by atoms with Crippen LogP contribution in [0.2, 0.25) is 0 Å². The molecule has 2 aliphatic heterocycles. The molecule has 3 heterocycles. The van der Waals surface area contributed by atoms with E-state index in [1.54, 1.807) is 23.1 Å². The average molecular weight is 456 g/mol. The van der Waals surface area contributed by atoms with Crippen LogP contribution in [0.1, 0.15) is 24.6 Å². The molecule has 0 bridgehead atoms. The van der Waals surface area contributed by atoms with E-state index in [1.165, 1.54) is 0 Å². The lowest BCUT2D eigenvalue weighted by Crippen LogP contribution is -2.47. The highest BCUT2D eigenvalue weighted by Crippen LogP contribution is 2.29. The standard InChI is InChI=1S/C22H29N7S2/c1-15-7-8-19(29-11-9-28(3)10-12-29)25-21(27-22-24-14-16(2)30-22)26-20(15)31-18-6-4-5-17(23)13-18/h4-6,13-15H,7-12,23H2,1-3H3. The van der Waals surface area contributed by atoms with Crippen LogP contribution in [0, 0.1) is 12.8 Å². The van der Waals surface area contributed by atoms with Crippen LogP contribution in [0.3, 0.4) is 0 Å². The number of piperazine rings is 1. The summed E-state index contributed by atoms with van der Waals surface area (Å²) in [4.78, 5) is 26.0. The number of thiazole rings is 1. The number of guanidine groups is 1. The van der Waals surface area contributed by atoms with E-state index in [0.29, 0.717) is 17.0 Å². The van der Waals surface area contributed by atoms with Crippen molar-refractivity contribution >= 4 is 50.8 Å². The third-order valence-electron chi connectivity index (χ3n) is 5.42. The largest absolute Gasteiger partial charge is 0.399 e. The molecule has 1 atom stereocenters. The van der Waals surface area contributed by atoms with Crippen LogP contribution in [-0.4, -0.2) is 64.8 Å². The number of hydrogen-bond donors (Lipinski definition) is 1. The molecular weight excluding hydrogens is 426 g/mol. The molecule has 1 saturated heterocycles. The van der Waals surface area contributed by atoms with Crippen LogP contribution >= 0.6 is 23.1 Å². The zero-order chi connectivity index (χ0) is 21.8. The third kappa shape index (κ3) is 5.93. The highest BCUT2D eigenvalue weighted by atomic mass is 32.2. The summed E-state index contributed by atoms with van der Waals surface area (Å²) in [7, 11) is 2.17. The number of benzene rings is 1. The maximum atomic E-state index is 5.98. The number of nitrogen functional groups attached to an aromatic ring is 1. The zero-order valence-corrected chi connectivity index (χ0v) is 19.9. The fourth-order valence-electron chi connectivity index (χ4n) is 3.52. The molecule has 0 radical (unpaired) electrons. The summed E-state index contributed by atoms with van der Waals surface area (Å²) in [6, 6.07) is 7.92. The first-order valence-corrected chi connectivity index (χ1v) is 12.2. The van der Waals surface area contributed by atoms with Crippen molar-refractivity contribution in [3.63, 3.8) is 0 Å². The van der Waals surface area contributed by atoms with E-state index in [-0.39, 0.29) is 0 Å². The molecule has 0 aliphatic carbocycles. The van der Waals surface area contributed by atoms with Gasteiger partial charge in [-0.3, -0.25) is 0 Å². The first-order valence-electron chi connectivity index (χ1n) is 10.6. The van der Waals surface area contributed by atoms with Gasteiger partial charge < -0.3 is 15.5 Å². The molecule has 0 amide bonds. The summed E-state index contributed by atoms with van der Waals surface area (Å²) in [6.07, 6.45) is 3.76. The molecule has 2 aromatic rings. The number of aromatic nitrogens is 1. The van der Waals surface area contributed by atoms with Gasteiger partial charge in [-0.15, -0.1) is 11.3 Å². The molecule has 1 aromatic carbocycles. The van der Waals surface area contributed by atoms with Gasteiger partial charge in [0.25, 0.3) is 5.96 Å². The zero-order valence-electron chi connectivity index (χ0n) is 18.3. The SMILES string of the molecule is Cc1cnc(N=C2N=C(Sc3cccc(N)c3)C(C)CCC(N3CCN(C)CC3)=N2)s1. The number of aliphatic imine (C=N–C) groups is 3. The molecule has 7 nitrogen and oxygen atoms in total. The van der Waals surface area contributed by atoms with Crippen molar-refractivity contribution in [2.75, 3.05) is 39.0 Å². The Hall–Kier alpha value is -2.23. The van der Waals surface area contributed by atoms with Crippen LogP contribution < -0.4 is 5.73 Å². The Bertz CT molecular complexity index is 1000. The monoisotopic (exact) mass is 455 g/mol. The minimum atomic E-state index is 0.299. The summed E-state index contributed by atoms with van der Waals surface area (Å²) in [5, 5.41) is 1.71. The van der Waals surface area contributed by atoms with Crippen molar-refractivity contribution in [1.82, 2.24) is 14.8 Å². The van der Waals surface area contributed by atoms with E-state index in [4.69, 9.17) is 20.7 Å². The van der Waals surface area contributed by atoms with Gasteiger partial charge in [0.1, 0.15) is 5.84 Å². The Balaban J connectivity index is 1.68. The minimum absolute atomic E-state index is 0.299. The number of thioether (sulfide) groups is 1. The van der Waals surface area contributed by atoms with Gasteiger partial charge in [-0.1, -0.05) is 24.8 Å². The highest BCUT2D eigenvalue weighted by molar-refractivity contribution is 8.14. The first-order chi connectivity index (χ1) is 15.0. The predicted molar refractivity (Wildman–Crippen MR) is 133 cm³/mol. The minimum Gasteiger partial charge on any atom is -0.399 e. The number of anilines is 1. The van der Waals surface area contributed by atoms with Gasteiger partial charge in [-0.25, -0.2) is 9.98 Å². The number of likely N-dealkylation sites (N-methyl/N-ethyl adjacent to an activating group) is 1. The van der Waals surface area contributed by atoms with Crippen molar-refractivity contribution in [1.29, 1.82) is 0 Å². The fraction of sp³-hybridized carbons (Fsp3) is 0.455. The highest BCUT2D eigenvalue weighted by Gasteiger charge is 2.23. The second kappa shape index (κ2) is 9.93. The van der Waals surface area contributed by atoms with Crippen molar-refractivity contribution in [3.8, 4) is 0 Å². The van der Waals surface area contributed by atoms with E-state index in [0.717, 1.165) is 65.4 Å². The lowest BCUT2D eigenvalue weighted by Gasteiger charge is -2.35. The lowest BCUT2D eigenvalue weighted by molar-refractivity contribution is 0.213. The average Bonchev–Trinajstić information content (AvgIpc) is 3.14. The molecule has 9 heteroatoms. The molecule has 164 valence electrons. The maximum Gasteiger partial charge on any atom is 0.254 e. The van der Waals surface area contributed by atoms with E-state index in [9.17, 15) is 0 Å².